The number of nitro groups is 2. The molecule has 0 radical (unpaired) electrons. The van der Waals surface area contributed by atoms with Gasteiger partial charge in [0.25, 0.3) is 22.5 Å². The largest absolute Gasteiger partial charge is 0.394 e. The molecular weight excluding hydrogens is 480 g/mol. The van der Waals surface area contributed by atoms with Crippen molar-refractivity contribution in [2.75, 3.05) is 6.61 Å². The third-order valence-electron chi connectivity index (χ3n) is 6.82. The normalized spacial score (nSPS) is 13.1. The summed E-state index contributed by atoms with van der Waals surface area (Å²) in [6, 6.07) is 8.11. The van der Waals surface area contributed by atoms with Gasteiger partial charge < -0.3 is 14.2 Å². The minimum absolute atomic E-state index is 0.128. The molecule has 0 amide bonds. The number of aliphatic hydroxyl groups excluding tert-OH is 1. The van der Waals surface area contributed by atoms with Crippen LogP contribution in [0.3, 0.4) is 0 Å². The molecule has 0 aliphatic rings. The molecular formula is C26H26N4O7. The van der Waals surface area contributed by atoms with Crippen LogP contribution in [0.2, 0.25) is 0 Å². The van der Waals surface area contributed by atoms with E-state index in [0.717, 1.165) is 0 Å². The predicted octanol–water partition coefficient (Wildman–Crippen LogP) is 4.11. The van der Waals surface area contributed by atoms with Crippen LogP contribution >= 0.6 is 0 Å². The van der Waals surface area contributed by atoms with Gasteiger partial charge in [0, 0.05) is 35.5 Å². The molecule has 0 bridgehead atoms. The van der Waals surface area contributed by atoms with Crippen LogP contribution in [0.4, 0.5) is 11.4 Å². The lowest BCUT2D eigenvalue weighted by atomic mass is 10.0. The smallest absolute Gasteiger partial charge is 0.280 e. The second-order valence-electron chi connectivity index (χ2n) is 9.32. The second kappa shape index (κ2) is 9.58. The summed E-state index contributed by atoms with van der Waals surface area (Å²) in [5.41, 5.74) is 0.0718. The van der Waals surface area contributed by atoms with Crippen LogP contribution in [-0.4, -0.2) is 30.7 Å². The van der Waals surface area contributed by atoms with E-state index < -0.39 is 33.0 Å². The topological polar surface area (TPSA) is 151 Å². The van der Waals surface area contributed by atoms with Crippen molar-refractivity contribution < 1.29 is 15.0 Å². The van der Waals surface area contributed by atoms with Gasteiger partial charge in [-0.3, -0.25) is 29.8 Å². The van der Waals surface area contributed by atoms with Crippen molar-refractivity contribution in [1.29, 1.82) is 0 Å². The number of pyridine rings is 2. The maximum atomic E-state index is 13.4. The van der Waals surface area contributed by atoms with Crippen molar-refractivity contribution in [1.82, 2.24) is 9.13 Å². The third-order valence-corrected chi connectivity index (χ3v) is 6.82. The van der Waals surface area contributed by atoms with Crippen molar-refractivity contribution in [2.24, 2.45) is 0 Å². The van der Waals surface area contributed by atoms with E-state index in [1.165, 1.54) is 39.6 Å². The zero-order valence-corrected chi connectivity index (χ0v) is 20.8. The van der Waals surface area contributed by atoms with Crippen LogP contribution in [0, 0.1) is 34.1 Å². The van der Waals surface area contributed by atoms with Crippen molar-refractivity contribution in [3.63, 3.8) is 0 Å². The molecule has 0 spiro atoms. The Bertz CT molecular complexity index is 1700. The molecule has 0 fully saturated rings. The van der Waals surface area contributed by atoms with E-state index in [2.05, 4.69) is 0 Å². The maximum Gasteiger partial charge on any atom is 0.280 e. The minimum atomic E-state index is -0.613. The van der Waals surface area contributed by atoms with Gasteiger partial charge in [0.15, 0.2) is 0 Å². The Morgan fingerprint density at radius 3 is 1.89 bits per heavy atom. The molecule has 37 heavy (non-hydrogen) atoms. The minimum Gasteiger partial charge on any atom is -0.394 e. The molecule has 2 heterocycles. The highest BCUT2D eigenvalue weighted by Crippen LogP contribution is 2.31. The molecule has 0 aliphatic carbocycles. The van der Waals surface area contributed by atoms with Crippen LogP contribution < -0.4 is 11.1 Å². The standard InChI is InChI=1S/C26H26N4O7/c1-14-5-7-20-19(23(14)29(34)35)9-10-27(25(20)32)16(3)11-18-12-22-21(26(33)28(18)17(4)13-31)8-6-15(2)24(22)30(36)37/h5-10,12,16-17,31H,11,13H2,1-4H3/t16-,17-/m1/s1. The molecule has 2 atom stereocenters. The number of fused-ring (bicyclic) bond motifs is 2. The van der Waals surface area contributed by atoms with Gasteiger partial charge >= 0.3 is 0 Å². The van der Waals surface area contributed by atoms with E-state index >= 15 is 0 Å². The Hall–Kier alpha value is -4.38. The quantitative estimate of drug-likeness (QED) is 0.293. The lowest BCUT2D eigenvalue weighted by Crippen LogP contribution is -2.31. The maximum absolute atomic E-state index is 13.4. The van der Waals surface area contributed by atoms with Gasteiger partial charge in [-0.05, 0) is 52.0 Å². The van der Waals surface area contributed by atoms with Gasteiger partial charge in [0.2, 0.25) is 0 Å². The van der Waals surface area contributed by atoms with Crippen molar-refractivity contribution in [3.8, 4) is 0 Å². The van der Waals surface area contributed by atoms with Crippen LogP contribution in [0.25, 0.3) is 21.5 Å². The Morgan fingerprint density at radius 1 is 0.811 bits per heavy atom. The summed E-state index contributed by atoms with van der Waals surface area (Å²) in [4.78, 5) is 49.1. The van der Waals surface area contributed by atoms with Crippen molar-refractivity contribution in [2.45, 2.75) is 46.2 Å². The first kappa shape index (κ1) is 25.7. The predicted molar refractivity (Wildman–Crippen MR) is 139 cm³/mol. The van der Waals surface area contributed by atoms with Gasteiger partial charge in [-0.2, -0.15) is 0 Å². The summed E-state index contributed by atoms with van der Waals surface area (Å²) in [5, 5.41) is 34.0. The Balaban J connectivity index is 1.91. The van der Waals surface area contributed by atoms with E-state index in [4.69, 9.17) is 0 Å². The molecule has 2 aromatic heterocycles. The SMILES string of the molecule is Cc1ccc2c(=O)n([C@H](C)Cc3cc4c([N+](=O)[O-])c(C)ccc4c(=O)n3[C@H](C)CO)ccc2c1[N+](=O)[O-]. The summed E-state index contributed by atoms with van der Waals surface area (Å²) in [6.07, 6.45) is 1.62. The van der Waals surface area contributed by atoms with E-state index in [9.17, 15) is 34.9 Å². The highest BCUT2D eigenvalue weighted by atomic mass is 16.6. The fourth-order valence-electron chi connectivity index (χ4n) is 4.93. The number of benzene rings is 2. The fourth-order valence-corrected chi connectivity index (χ4v) is 4.93. The second-order valence-corrected chi connectivity index (χ2v) is 9.32. The number of hydrogen-bond acceptors (Lipinski definition) is 7. The number of nitro benzene ring substituents is 2. The average Bonchev–Trinajstić information content (AvgIpc) is 2.83. The third kappa shape index (κ3) is 4.27. The zero-order valence-electron chi connectivity index (χ0n) is 20.8. The number of nitrogens with zero attached hydrogens (tertiary/aromatic N) is 4. The molecule has 2 aromatic carbocycles. The van der Waals surface area contributed by atoms with E-state index in [-0.39, 0.29) is 45.9 Å². The summed E-state index contributed by atoms with van der Waals surface area (Å²) in [6.45, 7) is 6.28. The van der Waals surface area contributed by atoms with Crippen molar-refractivity contribution in [3.05, 3.63) is 100 Å². The number of rotatable bonds is 7. The number of aromatic nitrogens is 2. The van der Waals surface area contributed by atoms with Crippen LogP contribution in [0.5, 0.6) is 0 Å². The van der Waals surface area contributed by atoms with Crippen LogP contribution in [0.1, 0.15) is 42.8 Å². The molecule has 0 aliphatic heterocycles. The number of aliphatic hydroxyl groups is 1. The Kier molecular flexibility index (Phi) is 6.66. The highest BCUT2D eigenvalue weighted by Gasteiger charge is 2.24. The summed E-state index contributed by atoms with van der Waals surface area (Å²) >= 11 is 0. The van der Waals surface area contributed by atoms with E-state index in [0.29, 0.717) is 16.8 Å². The van der Waals surface area contributed by atoms with E-state index in [1.54, 1.807) is 39.8 Å². The van der Waals surface area contributed by atoms with E-state index in [1.807, 2.05) is 0 Å². The van der Waals surface area contributed by atoms with Gasteiger partial charge in [-0.15, -0.1) is 0 Å². The molecule has 11 heteroatoms. The molecule has 0 unspecified atom stereocenters. The van der Waals surface area contributed by atoms with Gasteiger partial charge in [-0.1, -0.05) is 12.1 Å². The Labute approximate surface area is 210 Å². The first-order valence-corrected chi connectivity index (χ1v) is 11.7. The molecule has 1 N–H and O–H groups in total. The Morgan fingerprint density at radius 2 is 1.35 bits per heavy atom. The van der Waals surface area contributed by atoms with Gasteiger partial charge in [0.05, 0.1) is 44.0 Å². The molecule has 0 saturated heterocycles. The first-order valence-electron chi connectivity index (χ1n) is 11.7. The molecule has 192 valence electrons. The summed E-state index contributed by atoms with van der Waals surface area (Å²) in [5.74, 6) is 0. The van der Waals surface area contributed by atoms with Gasteiger partial charge in [0.1, 0.15) is 0 Å². The number of aryl methyl sites for hydroxylation is 2. The lowest BCUT2D eigenvalue weighted by molar-refractivity contribution is -0.383. The zero-order chi connectivity index (χ0) is 27.2. The van der Waals surface area contributed by atoms with Gasteiger partial charge in [-0.25, -0.2) is 0 Å². The monoisotopic (exact) mass is 506 g/mol. The first-order chi connectivity index (χ1) is 17.5. The van der Waals surface area contributed by atoms with Crippen LogP contribution in [0.15, 0.2) is 52.2 Å². The lowest BCUT2D eigenvalue weighted by Gasteiger charge is -2.23. The highest BCUT2D eigenvalue weighted by molar-refractivity contribution is 5.92. The molecule has 4 rings (SSSR count). The van der Waals surface area contributed by atoms with Crippen molar-refractivity contribution >= 4 is 32.9 Å². The molecule has 0 saturated carbocycles. The summed E-state index contributed by atoms with van der Waals surface area (Å²) in [7, 11) is 0. The molecule has 11 nitrogen and oxygen atoms in total. The average molecular weight is 507 g/mol. The molecule has 4 aromatic rings. The van der Waals surface area contributed by atoms with Crippen LogP contribution in [-0.2, 0) is 6.42 Å². The summed E-state index contributed by atoms with van der Waals surface area (Å²) < 4.78 is 2.83. The fraction of sp³-hybridized carbons (Fsp3) is 0.308. The number of hydrogen-bond donors (Lipinski definition) is 1.